The lowest BCUT2D eigenvalue weighted by atomic mass is 10.00. The summed E-state index contributed by atoms with van der Waals surface area (Å²) >= 11 is 0. The Morgan fingerprint density at radius 2 is 2.32 bits per heavy atom. The molecule has 0 aromatic carbocycles. The number of nitrogens with zero attached hydrogens (tertiary/aromatic N) is 3. The van der Waals surface area contributed by atoms with Crippen LogP contribution in [0, 0.1) is 10.1 Å². The molecule has 1 amide bonds. The van der Waals surface area contributed by atoms with E-state index in [0.717, 1.165) is 5.56 Å². The zero-order valence-electron chi connectivity index (χ0n) is 12.4. The predicted octanol–water partition coefficient (Wildman–Crippen LogP) is 1.34. The van der Waals surface area contributed by atoms with Gasteiger partial charge in [-0.1, -0.05) is 12.1 Å². The quantitative estimate of drug-likeness (QED) is 0.339. The maximum absolute atomic E-state index is 11.6. The molecule has 0 aliphatic carbocycles. The van der Waals surface area contributed by atoms with E-state index in [4.69, 9.17) is 10.9 Å². The molecule has 1 aromatic heterocycles. The van der Waals surface area contributed by atoms with Gasteiger partial charge in [-0.05, 0) is 30.2 Å². The third kappa shape index (κ3) is 4.37. The Bertz CT molecular complexity index is 625. The van der Waals surface area contributed by atoms with E-state index in [1.165, 1.54) is 19.1 Å². The van der Waals surface area contributed by atoms with E-state index >= 15 is 0 Å². The number of rotatable bonds is 7. The second kappa shape index (κ2) is 7.87. The van der Waals surface area contributed by atoms with Gasteiger partial charge < -0.3 is 10.9 Å². The van der Waals surface area contributed by atoms with Crippen molar-refractivity contribution in [2.45, 2.75) is 32.7 Å². The van der Waals surface area contributed by atoms with Gasteiger partial charge in [-0.2, -0.15) is 0 Å². The molecule has 0 spiro atoms. The highest BCUT2D eigenvalue weighted by Gasteiger charge is 2.16. The second-order valence-electron chi connectivity index (χ2n) is 4.66. The summed E-state index contributed by atoms with van der Waals surface area (Å²) in [5.74, 6) is -0.611. The van der Waals surface area contributed by atoms with Crippen LogP contribution in [0.4, 0.5) is 0 Å². The first-order valence-corrected chi connectivity index (χ1v) is 6.69. The van der Waals surface area contributed by atoms with Crippen LogP contribution in [0.3, 0.4) is 0 Å². The number of aryl methyl sites for hydroxylation is 1. The van der Waals surface area contributed by atoms with E-state index in [2.05, 4.69) is 10.1 Å². The van der Waals surface area contributed by atoms with Crippen LogP contribution in [0.25, 0.3) is 0 Å². The highest BCUT2D eigenvalue weighted by Crippen LogP contribution is 2.14. The lowest BCUT2D eigenvalue weighted by molar-refractivity contribution is -0.504. The number of oxime groups is 1. The Labute approximate surface area is 127 Å². The SMILES string of the molecule is CCc1ccnc(CC(C=CC(C)[N+](=O)[O-])=NO)c1C(N)=O. The van der Waals surface area contributed by atoms with Crippen molar-refractivity contribution in [3.63, 3.8) is 0 Å². The molecule has 118 valence electrons. The molecule has 0 radical (unpaired) electrons. The predicted molar refractivity (Wildman–Crippen MR) is 80.7 cm³/mol. The summed E-state index contributed by atoms with van der Waals surface area (Å²) in [5, 5.41) is 22.7. The zero-order valence-corrected chi connectivity index (χ0v) is 12.4. The van der Waals surface area contributed by atoms with Crippen LogP contribution < -0.4 is 5.73 Å². The second-order valence-corrected chi connectivity index (χ2v) is 4.66. The average molecular weight is 306 g/mol. The first-order chi connectivity index (χ1) is 10.4. The lowest BCUT2D eigenvalue weighted by Crippen LogP contribution is -2.19. The Morgan fingerprint density at radius 3 is 2.82 bits per heavy atom. The van der Waals surface area contributed by atoms with E-state index < -0.39 is 16.9 Å². The summed E-state index contributed by atoms with van der Waals surface area (Å²) in [6.07, 6.45) is 4.82. The van der Waals surface area contributed by atoms with Crippen LogP contribution in [-0.4, -0.2) is 32.8 Å². The molecule has 0 aliphatic rings. The number of allylic oxidation sites excluding steroid dienone is 1. The van der Waals surface area contributed by atoms with Crippen LogP contribution in [0.15, 0.2) is 29.6 Å². The molecule has 22 heavy (non-hydrogen) atoms. The highest BCUT2D eigenvalue weighted by molar-refractivity contribution is 6.00. The molecule has 8 heteroatoms. The Morgan fingerprint density at radius 1 is 1.64 bits per heavy atom. The van der Waals surface area contributed by atoms with E-state index in [1.54, 1.807) is 12.3 Å². The Hall–Kier alpha value is -2.77. The van der Waals surface area contributed by atoms with Gasteiger partial charge in [0.1, 0.15) is 0 Å². The van der Waals surface area contributed by atoms with E-state index in [0.29, 0.717) is 17.7 Å². The minimum atomic E-state index is -0.915. The number of amides is 1. The zero-order chi connectivity index (χ0) is 16.7. The summed E-state index contributed by atoms with van der Waals surface area (Å²) in [7, 11) is 0. The number of aromatic nitrogens is 1. The van der Waals surface area contributed by atoms with Crippen molar-refractivity contribution in [1.29, 1.82) is 0 Å². The summed E-state index contributed by atoms with van der Waals surface area (Å²) in [6.45, 7) is 3.28. The van der Waals surface area contributed by atoms with Crippen molar-refractivity contribution in [3.05, 3.63) is 51.4 Å². The number of carbonyl (C=O) groups is 1. The largest absolute Gasteiger partial charge is 0.411 e. The number of hydrogen-bond donors (Lipinski definition) is 2. The lowest BCUT2D eigenvalue weighted by Gasteiger charge is -2.09. The molecule has 1 atom stereocenters. The molecule has 1 aromatic rings. The monoisotopic (exact) mass is 306 g/mol. The molecule has 3 N–H and O–H groups in total. The number of nitrogens with two attached hydrogens (primary N) is 1. The van der Waals surface area contributed by atoms with Crippen molar-refractivity contribution in [1.82, 2.24) is 4.98 Å². The smallest absolute Gasteiger partial charge is 0.250 e. The maximum atomic E-state index is 11.6. The van der Waals surface area contributed by atoms with E-state index in [9.17, 15) is 14.9 Å². The Balaban J connectivity index is 3.07. The van der Waals surface area contributed by atoms with E-state index in [1.807, 2.05) is 6.92 Å². The van der Waals surface area contributed by atoms with Gasteiger partial charge in [-0.15, -0.1) is 0 Å². The van der Waals surface area contributed by atoms with Crippen molar-refractivity contribution in [2.75, 3.05) is 0 Å². The maximum Gasteiger partial charge on any atom is 0.250 e. The first kappa shape index (κ1) is 17.3. The van der Waals surface area contributed by atoms with Gasteiger partial charge in [0.15, 0.2) is 0 Å². The summed E-state index contributed by atoms with van der Waals surface area (Å²) in [5.41, 5.74) is 6.95. The minimum absolute atomic E-state index is 0.0452. The number of nitro groups is 1. The molecule has 1 unspecified atom stereocenters. The van der Waals surface area contributed by atoms with Gasteiger partial charge in [-0.25, -0.2) is 0 Å². The number of pyridine rings is 1. The van der Waals surface area contributed by atoms with Crippen molar-refractivity contribution in [2.24, 2.45) is 10.9 Å². The average Bonchev–Trinajstić information content (AvgIpc) is 2.49. The highest BCUT2D eigenvalue weighted by atomic mass is 16.6. The van der Waals surface area contributed by atoms with Gasteiger partial charge in [0.25, 0.3) is 5.91 Å². The standard InChI is InChI=1S/C14H18N4O4/c1-3-10-6-7-16-12(13(10)14(15)19)8-11(17-20)5-4-9(2)18(21)22/h4-7,9,20H,3,8H2,1-2H3,(H2,15,19). The molecule has 0 fully saturated rings. The first-order valence-electron chi connectivity index (χ1n) is 6.69. The number of hydrogen-bond acceptors (Lipinski definition) is 6. The van der Waals surface area contributed by atoms with Crippen LogP contribution in [0.5, 0.6) is 0 Å². The Kier molecular flexibility index (Phi) is 6.18. The van der Waals surface area contributed by atoms with Crippen molar-refractivity contribution < 1.29 is 14.9 Å². The number of carbonyl (C=O) groups excluding carboxylic acids is 1. The van der Waals surface area contributed by atoms with Gasteiger partial charge >= 0.3 is 0 Å². The molecule has 1 heterocycles. The molecule has 0 saturated heterocycles. The van der Waals surface area contributed by atoms with Crippen molar-refractivity contribution >= 4 is 11.6 Å². The molecular weight excluding hydrogens is 288 g/mol. The normalized spacial score (nSPS) is 13.3. The minimum Gasteiger partial charge on any atom is -0.411 e. The van der Waals surface area contributed by atoms with Gasteiger partial charge in [-0.3, -0.25) is 19.9 Å². The fourth-order valence-corrected chi connectivity index (χ4v) is 1.90. The summed E-state index contributed by atoms with van der Waals surface area (Å²) in [4.78, 5) is 25.8. The molecule has 0 bridgehead atoms. The van der Waals surface area contributed by atoms with E-state index in [-0.39, 0.29) is 12.1 Å². The van der Waals surface area contributed by atoms with Crippen LogP contribution in [-0.2, 0) is 12.8 Å². The molecular formula is C14H18N4O4. The third-order valence-electron chi connectivity index (χ3n) is 3.12. The van der Waals surface area contributed by atoms with Crippen LogP contribution >= 0.6 is 0 Å². The molecule has 0 aliphatic heterocycles. The van der Waals surface area contributed by atoms with Gasteiger partial charge in [0.2, 0.25) is 6.04 Å². The third-order valence-corrected chi connectivity index (χ3v) is 3.12. The van der Waals surface area contributed by atoms with Gasteiger partial charge in [0.05, 0.1) is 17.0 Å². The fourth-order valence-electron chi connectivity index (χ4n) is 1.90. The topological polar surface area (TPSA) is 132 Å². The number of primary amides is 1. The molecule has 0 saturated carbocycles. The summed E-state index contributed by atoms with van der Waals surface area (Å²) in [6, 6.07) is 0.784. The van der Waals surface area contributed by atoms with Gasteiger partial charge in [0, 0.05) is 24.5 Å². The van der Waals surface area contributed by atoms with Crippen LogP contribution in [0.2, 0.25) is 0 Å². The summed E-state index contributed by atoms with van der Waals surface area (Å²) < 4.78 is 0. The fraction of sp³-hybridized carbons (Fsp3) is 0.357. The van der Waals surface area contributed by atoms with Crippen molar-refractivity contribution in [3.8, 4) is 0 Å². The molecule has 8 nitrogen and oxygen atoms in total. The molecule has 1 rings (SSSR count). The van der Waals surface area contributed by atoms with Crippen LogP contribution in [0.1, 0.15) is 35.5 Å².